The van der Waals surface area contributed by atoms with Crippen LogP contribution < -0.4 is 4.90 Å². The van der Waals surface area contributed by atoms with Crippen LogP contribution in [-0.4, -0.2) is 63.0 Å². The maximum atomic E-state index is 12.2. The molecule has 0 spiro atoms. The molecule has 0 radical (unpaired) electrons. The molecule has 160 valence electrons. The zero-order chi connectivity index (χ0) is 21.3. The molecule has 1 aliphatic rings. The number of pyridine rings is 1. The standard InChI is InChI=1S/C20H26FN7O2/c1-3-19(30-11-8-21)23-12-15(2)28(29)14-17-24-20(26-25-17)16-6-7-18(22-13-16)27-9-4-5-10-27/h3,6-7,12-13,29H,2,4-5,8-11,14H2,1H3,(H,24,25,26)/b19-3+,23-12-. The van der Waals surface area contributed by atoms with E-state index in [0.717, 1.165) is 29.5 Å². The molecule has 0 atom stereocenters. The third-order valence-corrected chi connectivity index (χ3v) is 4.51. The lowest BCUT2D eigenvalue weighted by Gasteiger charge is -2.15. The molecule has 10 heteroatoms. The van der Waals surface area contributed by atoms with Crippen molar-refractivity contribution in [2.24, 2.45) is 4.99 Å². The highest BCUT2D eigenvalue weighted by Gasteiger charge is 2.14. The normalized spacial score (nSPS) is 14.5. The Labute approximate surface area is 174 Å². The van der Waals surface area contributed by atoms with Crippen molar-refractivity contribution in [1.82, 2.24) is 25.2 Å². The number of hydroxylamine groups is 2. The van der Waals surface area contributed by atoms with Gasteiger partial charge in [0.15, 0.2) is 5.82 Å². The van der Waals surface area contributed by atoms with Gasteiger partial charge in [0.1, 0.15) is 31.5 Å². The molecular formula is C20H26FN7O2. The lowest BCUT2D eigenvalue weighted by Crippen LogP contribution is -2.19. The number of H-pyrrole nitrogens is 1. The Bertz CT molecular complexity index is 889. The van der Waals surface area contributed by atoms with Crippen molar-refractivity contribution in [1.29, 1.82) is 0 Å². The van der Waals surface area contributed by atoms with Crippen LogP contribution in [-0.2, 0) is 11.3 Å². The molecule has 0 unspecified atom stereocenters. The topological polar surface area (TPSA) is 103 Å². The van der Waals surface area contributed by atoms with Crippen LogP contribution >= 0.6 is 0 Å². The molecule has 0 aromatic carbocycles. The molecule has 3 heterocycles. The van der Waals surface area contributed by atoms with Gasteiger partial charge in [-0.25, -0.2) is 24.4 Å². The highest BCUT2D eigenvalue weighted by molar-refractivity contribution is 5.77. The number of nitrogens with zero attached hydrogens (tertiary/aromatic N) is 6. The first-order valence-electron chi connectivity index (χ1n) is 9.78. The summed E-state index contributed by atoms with van der Waals surface area (Å²) in [6.45, 7) is 6.88. The van der Waals surface area contributed by atoms with Gasteiger partial charge >= 0.3 is 0 Å². The summed E-state index contributed by atoms with van der Waals surface area (Å²) in [6.07, 6.45) is 7.06. The van der Waals surface area contributed by atoms with Crippen molar-refractivity contribution in [3.8, 4) is 11.4 Å². The lowest BCUT2D eigenvalue weighted by molar-refractivity contribution is -0.0576. The molecule has 30 heavy (non-hydrogen) atoms. The molecule has 0 aliphatic carbocycles. The fraction of sp³-hybridized carbons (Fsp3) is 0.400. The van der Waals surface area contributed by atoms with E-state index in [1.54, 1.807) is 19.2 Å². The van der Waals surface area contributed by atoms with Gasteiger partial charge in [-0.15, -0.1) is 0 Å². The molecule has 0 saturated carbocycles. The van der Waals surface area contributed by atoms with Gasteiger partial charge in [-0.05, 0) is 38.0 Å². The third kappa shape index (κ3) is 5.63. The Balaban J connectivity index is 1.57. The summed E-state index contributed by atoms with van der Waals surface area (Å²) < 4.78 is 17.3. The fourth-order valence-corrected chi connectivity index (χ4v) is 2.93. The second-order valence-corrected chi connectivity index (χ2v) is 6.68. The molecule has 2 aromatic heterocycles. The zero-order valence-corrected chi connectivity index (χ0v) is 17.0. The van der Waals surface area contributed by atoms with Crippen molar-refractivity contribution in [3.63, 3.8) is 0 Å². The van der Waals surface area contributed by atoms with Crippen LogP contribution in [0.1, 0.15) is 25.6 Å². The fourth-order valence-electron chi connectivity index (χ4n) is 2.93. The maximum Gasteiger partial charge on any atom is 0.208 e. The predicted octanol–water partition coefficient (Wildman–Crippen LogP) is 3.09. The van der Waals surface area contributed by atoms with E-state index in [1.165, 1.54) is 19.1 Å². The van der Waals surface area contributed by atoms with E-state index >= 15 is 0 Å². The molecule has 2 N–H and O–H groups in total. The van der Waals surface area contributed by atoms with E-state index in [4.69, 9.17) is 4.74 Å². The average Bonchev–Trinajstić information content (AvgIpc) is 3.46. The minimum atomic E-state index is -0.607. The number of nitrogens with one attached hydrogen (secondary N) is 1. The molecule has 1 saturated heterocycles. The van der Waals surface area contributed by atoms with Crippen LogP contribution in [0.2, 0.25) is 0 Å². The van der Waals surface area contributed by atoms with E-state index in [1.807, 2.05) is 12.1 Å². The number of hydrogen-bond acceptors (Lipinski definition) is 8. The Morgan fingerprint density at radius 1 is 1.43 bits per heavy atom. The highest BCUT2D eigenvalue weighted by atomic mass is 19.1. The van der Waals surface area contributed by atoms with Crippen LogP contribution in [0.25, 0.3) is 11.4 Å². The van der Waals surface area contributed by atoms with E-state index < -0.39 is 6.67 Å². The number of aromatic amines is 1. The first-order chi connectivity index (χ1) is 14.6. The van der Waals surface area contributed by atoms with Crippen molar-refractivity contribution in [2.75, 3.05) is 31.3 Å². The van der Waals surface area contributed by atoms with Crippen LogP contribution in [0.3, 0.4) is 0 Å². The monoisotopic (exact) mass is 415 g/mol. The van der Waals surface area contributed by atoms with Crippen LogP contribution in [0, 0.1) is 0 Å². The number of rotatable bonds is 10. The Morgan fingerprint density at radius 3 is 2.90 bits per heavy atom. The number of anilines is 1. The molecule has 0 bridgehead atoms. The summed E-state index contributed by atoms with van der Waals surface area (Å²) in [5.41, 5.74) is 1.00. The van der Waals surface area contributed by atoms with Crippen molar-refractivity contribution in [2.45, 2.75) is 26.3 Å². The maximum absolute atomic E-state index is 12.2. The predicted molar refractivity (Wildman–Crippen MR) is 112 cm³/mol. The second-order valence-electron chi connectivity index (χ2n) is 6.68. The first kappa shape index (κ1) is 21.4. The summed E-state index contributed by atoms with van der Waals surface area (Å²) >= 11 is 0. The molecule has 0 amide bonds. The molecule has 1 fully saturated rings. The minimum Gasteiger partial charge on any atom is -0.475 e. The quantitative estimate of drug-likeness (QED) is 0.349. The molecule has 9 nitrogen and oxygen atoms in total. The number of halogens is 1. The van der Waals surface area contributed by atoms with Gasteiger partial charge in [-0.2, -0.15) is 5.10 Å². The summed E-state index contributed by atoms with van der Waals surface area (Å²) in [4.78, 5) is 15.2. The van der Waals surface area contributed by atoms with Gasteiger partial charge < -0.3 is 9.64 Å². The zero-order valence-electron chi connectivity index (χ0n) is 17.0. The second kappa shape index (κ2) is 10.5. The van der Waals surface area contributed by atoms with E-state index in [0.29, 0.717) is 11.6 Å². The number of allylic oxidation sites excluding steroid dienone is 2. The van der Waals surface area contributed by atoms with E-state index in [9.17, 15) is 9.60 Å². The summed E-state index contributed by atoms with van der Waals surface area (Å²) in [7, 11) is 0. The summed E-state index contributed by atoms with van der Waals surface area (Å²) in [6, 6.07) is 3.91. The summed E-state index contributed by atoms with van der Waals surface area (Å²) in [5.74, 6) is 2.15. The van der Waals surface area contributed by atoms with Crippen LogP contribution in [0.5, 0.6) is 0 Å². The highest BCUT2D eigenvalue weighted by Crippen LogP contribution is 2.21. The third-order valence-electron chi connectivity index (χ3n) is 4.51. The molecule has 1 aliphatic heterocycles. The Hall–Kier alpha value is -3.27. The molecule has 2 aromatic rings. The smallest absolute Gasteiger partial charge is 0.208 e. The first-order valence-corrected chi connectivity index (χ1v) is 9.78. The Kier molecular flexibility index (Phi) is 7.50. The summed E-state index contributed by atoms with van der Waals surface area (Å²) in [5, 5.41) is 18.1. The van der Waals surface area contributed by atoms with Gasteiger partial charge in [0.05, 0.1) is 11.9 Å². The van der Waals surface area contributed by atoms with Crippen molar-refractivity contribution < 1.29 is 14.3 Å². The minimum absolute atomic E-state index is 0.0354. The van der Waals surface area contributed by atoms with Gasteiger partial charge in [0.25, 0.3) is 0 Å². The van der Waals surface area contributed by atoms with Crippen molar-refractivity contribution in [3.05, 3.63) is 48.4 Å². The molecule has 3 rings (SSSR count). The number of ether oxygens (including phenoxy) is 1. The largest absolute Gasteiger partial charge is 0.475 e. The number of aromatic nitrogens is 4. The number of aliphatic imine (C=N–C) groups is 1. The number of alkyl halides is 1. The van der Waals surface area contributed by atoms with Gasteiger partial charge in [0.2, 0.25) is 5.88 Å². The van der Waals surface area contributed by atoms with Crippen LogP contribution in [0.4, 0.5) is 10.2 Å². The van der Waals surface area contributed by atoms with Gasteiger partial charge in [-0.3, -0.25) is 10.3 Å². The lowest BCUT2D eigenvalue weighted by atomic mass is 10.2. The van der Waals surface area contributed by atoms with Crippen LogP contribution in [0.15, 0.2) is 47.6 Å². The van der Waals surface area contributed by atoms with E-state index in [2.05, 4.69) is 36.6 Å². The van der Waals surface area contributed by atoms with Gasteiger partial charge in [0, 0.05) is 24.8 Å². The SMILES string of the molecule is C=C(/C=N\C(=C/C)OCCF)N(O)Cc1nc(-c2ccc(N3CCCC3)nc2)n[nH]1. The molecular weight excluding hydrogens is 389 g/mol. The van der Waals surface area contributed by atoms with Gasteiger partial charge in [-0.1, -0.05) is 6.58 Å². The Morgan fingerprint density at radius 2 is 2.23 bits per heavy atom. The van der Waals surface area contributed by atoms with Crippen molar-refractivity contribution >= 4 is 12.0 Å². The number of hydrogen-bond donors (Lipinski definition) is 2. The van der Waals surface area contributed by atoms with E-state index in [-0.39, 0.29) is 24.7 Å². The average molecular weight is 415 g/mol.